The summed E-state index contributed by atoms with van der Waals surface area (Å²) in [6, 6.07) is 0.115. The van der Waals surface area contributed by atoms with Crippen molar-refractivity contribution in [1.82, 2.24) is 4.90 Å². The maximum Gasteiger partial charge on any atom is 0.407 e. The average Bonchev–Trinajstić information content (AvgIpc) is 2.26. The van der Waals surface area contributed by atoms with Gasteiger partial charge in [0.2, 0.25) is 0 Å². The average molecular weight is 302 g/mol. The van der Waals surface area contributed by atoms with Gasteiger partial charge in [-0.05, 0) is 37.4 Å². The van der Waals surface area contributed by atoms with E-state index in [1.165, 1.54) is 4.90 Å². The highest BCUT2D eigenvalue weighted by Gasteiger charge is 2.37. The first-order valence-corrected chi connectivity index (χ1v) is 10.3. The van der Waals surface area contributed by atoms with Gasteiger partial charge < -0.3 is 20.2 Å². The second-order valence-corrected chi connectivity index (χ2v) is 12.1. The lowest BCUT2D eigenvalue weighted by atomic mass is 9.96. The van der Waals surface area contributed by atoms with Crippen molar-refractivity contribution < 1.29 is 14.3 Å². The van der Waals surface area contributed by atoms with Crippen LogP contribution in [0.5, 0.6) is 0 Å². The number of nitrogens with zero attached hydrogens (tertiary/aromatic N) is 1. The van der Waals surface area contributed by atoms with E-state index in [2.05, 4.69) is 33.9 Å². The summed E-state index contributed by atoms with van der Waals surface area (Å²) in [7, 11) is -1.75. The van der Waals surface area contributed by atoms with Crippen LogP contribution >= 0.6 is 0 Å². The van der Waals surface area contributed by atoms with E-state index in [9.17, 15) is 9.90 Å². The molecular weight excluding hydrogens is 272 g/mol. The SMILES string of the molecule is CC(C)(C)[Si](C)(C)OCC[C@@H]1C[C@@H](N)CCN1C(=O)O. The summed E-state index contributed by atoms with van der Waals surface area (Å²) in [6.45, 7) is 12.2. The molecule has 0 radical (unpaired) electrons. The van der Waals surface area contributed by atoms with Crippen LogP contribution in [0.2, 0.25) is 18.1 Å². The van der Waals surface area contributed by atoms with Crippen LogP contribution in [0.4, 0.5) is 4.79 Å². The van der Waals surface area contributed by atoms with Crippen LogP contribution in [0, 0.1) is 0 Å². The van der Waals surface area contributed by atoms with Crippen LogP contribution in [-0.4, -0.2) is 49.7 Å². The molecule has 0 spiro atoms. The molecule has 6 heteroatoms. The molecule has 1 aliphatic rings. The smallest absolute Gasteiger partial charge is 0.407 e. The minimum absolute atomic E-state index is 0.000943. The minimum Gasteiger partial charge on any atom is -0.465 e. The van der Waals surface area contributed by atoms with E-state index >= 15 is 0 Å². The number of amides is 1. The maximum atomic E-state index is 11.2. The van der Waals surface area contributed by atoms with Crippen LogP contribution in [0.3, 0.4) is 0 Å². The molecule has 3 N–H and O–H groups in total. The molecule has 0 bridgehead atoms. The topological polar surface area (TPSA) is 75.8 Å². The first kappa shape index (κ1) is 17.5. The third-order valence-corrected chi connectivity index (χ3v) is 9.26. The van der Waals surface area contributed by atoms with Gasteiger partial charge in [0.05, 0.1) is 0 Å². The predicted octanol–water partition coefficient (Wildman–Crippen LogP) is 2.87. The fourth-order valence-electron chi connectivity index (χ4n) is 2.27. The molecule has 1 amide bonds. The maximum absolute atomic E-state index is 11.2. The highest BCUT2D eigenvalue weighted by atomic mass is 28.4. The summed E-state index contributed by atoms with van der Waals surface area (Å²) in [5.41, 5.74) is 5.96. The van der Waals surface area contributed by atoms with Crippen LogP contribution < -0.4 is 5.73 Å². The molecule has 0 saturated carbocycles. The van der Waals surface area contributed by atoms with E-state index in [0.717, 1.165) is 19.3 Å². The molecule has 118 valence electrons. The first-order chi connectivity index (χ1) is 9.04. The van der Waals surface area contributed by atoms with Gasteiger partial charge in [0.15, 0.2) is 8.32 Å². The van der Waals surface area contributed by atoms with Gasteiger partial charge in [-0.3, -0.25) is 0 Å². The standard InChI is InChI=1S/C14H30N2O3Si/c1-14(2,3)20(4,5)19-9-7-12-10-11(15)6-8-16(12)13(17)18/h11-12H,6-10,15H2,1-5H3,(H,17,18)/t11-,12+/m0/s1. The summed E-state index contributed by atoms with van der Waals surface area (Å²) in [5.74, 6) is 0. The van der Waals surface area contributed by atoms with Crippen molar-refractivity contribution in [2.24, 2.45) is 5.73 Å². The zero-order valence-corrected chi connectivity index (χ0v) is 14.5. The lowest BCUT2D eigenvalue weighted by Gasteiger charge is -2.39. The lowest BCUT2D eigenvalue weighted by molar-refractivity contribution is 0.0904. The molecule has 1 rings (SSSR count). The van der Waals surface area contributed by atoms with E-state index in [0.29, 0.717) is 13.2 Å². The monoisotopic (exact) mass is 302 g/mol. The van der Waals surface area contributed by atoms with E-state index < -0.39 is 14.4 Å². The molecule has 0 unspecified atom stereocenters. The van der Waals surface area contributed by atoms with Crippen LogP contribution in [0.15, 0.2) is 0 Å². The van der Waals surface area contributed by atoms with Crippen molar-refractivity contribution in [2.45, 2.75) is 70.2 Å². The molecule has 1 heterocycles. The van der Waals surface area contributed by atoms with Crippen molar-refractivity contribution in [1.29, 1.82) is 0 Å². The zero-order chi connectivity index (χ0) is 15.6. The normalized spacial score (nSPS) is 24.8. The molecule has 0 aromatic heterocycles. The van der Waals surface area contributed by atoms with Crippen molar-refractivity contribution in [2.75, 3.05) is 13.2 Å². The number of rotatable bonds is 4. The van der Waals surface area contributed by atoms with E-state index in [-0.39, 0.29) is 17.1 Å². The van der Waals surface area contributed by atoms with E-state index in [4.69, 9.17) is 10.2 Å². The Balaban J connectivity index is 2.52. The van der Waals surface area contributed by atoms with Crippen molar-refractivity contribution in [3.05, 3.63) is 0 Å². The Bertz CT molecular complexity index is 342. The fraction of sp³-hybridized carbons (Fsp3) is 0.929. The highest BCUT2D eigenvalue weighted by molar-refractivity contribution is 6.74. The summed E-state index contributed by atoms with van der Waals surface area (Å²) in [5, 5.41) is 9.42. The third-order valence-electron chi connectivity index (χ3n) is 4.72. The van der Waals surface area contributed by atoms with Gasteiger partial charge >= 0.3 is 6.09 Å². The lowest BCUT2D eigenvalue weighted by Crippen LogP contribution is -2.50. The Kier molecular flexibility index (Phi) is 5.63. The molecule has 2 atom stereocenters. The Morgan fingerprint density at radius 1 is 1.45 bits per heavy atom. The Hall–Kier alpha value is -0.593. The number of hydrogen-bond donors (Lipinski definition) is 2. The molecule has 1 saturated heterocycles. The molecule has 0 aromatic carbocycles. The summed E-state index contributed by atoms with van der Waals surface area (Å²) < 4.78 is 6.14. The number of hydrogen-bond acceptors (Lipinski definition) is 3. The Morgan fingerprint density at radius 3 is 2.55 bits per heavy atom. The van der Waals surface area contributed by atoms with Crippen molar-refractivity contribution >= 4 is 14.4 Å². The predicted molar refractivity (Wildman–Crippen MR) is 83.5 cm³/mol. The summed E-state index contributed by atoms with van der Waals surface area (Å²) >= 11 is 0. The number of carboxylic acid groups (broad SMARTS) is 1. The number of likely N-dealkylation sites (tertiary alicyclic amines) is 1. The highest BCUT2D eigenvalue weighted by Crippen LogP contribution is 2.36. The van der Waals surface area contributed by atoms with Gasteiger partial charge in [0.25, 0.3) is 0 Å². The zero-order valence-electron chi connectivity index (χ0n) is 13.5. The van der Waals surface area contributed by atoms with Gasteiger partial charge in [0, 0.05) is 25.2 Å². The molecule has 1 aliphatic heterocycles. The van der Waals surface area contributed by atoms with Gasteiger partial charge in [-0.15, -0.1) is 0 Å². The van der Waals surface area contributed by atoms with Gasteiger partial charge in [-0.2, -0.15) is 0 Å². The van der Waals surface area contributed by atoms with Crippen molar-refractivity contribution in [3.63, 3.8) is 0 Å². The minimum atomic E-state index is -1.75. The van der Waals surface area contributed by atoms with Crippen LogP contribution in [0.25, 0.3) is 0 Å². The third kappa shape index (κ3) is 4.46. The molecule has 5 nitrogen and oxygen atoms in total. The second-order valence-electron chi connectivity index (χ2n) is 7.31. The molecule has 0 aliphatic carbocycles. The number of piperidine rings is 1. The summed E-state index contributed by atoms with van der Waals surface area (Å²) in [4.78, 5) is 12.8. The van der Waals surface area contributed by atoms with E-state index in [1.54, 1.807) is 0 Å². The van der Waals surface area contributed by atoms with Gasteiger partial charge in [-0.25, -0.2) is 4.79 Å². The molecular formula is C14H30N2O3Si. The van der Waals surface area contributed by atoms with Crippen molar-refractivity contribution in [3.8, 4) is 0 Å². The Labute approximate surface area is 123 Å². The second kappa shape index (κ2) is 6.45. The van der Waals surface area contributed by atoms with Gasteiger partial charge in [0.1, 0.15) is 0 Å². The fourth-order valence-corrected chi connectivity index (χ4v) is 3.34. The molecule has 20 heavy (non-hydrogen) atoms. The number of carbonyl (C=O) groups is 1. The van der Waals surface area contributed by atoms with Gasteiger partial charge in [-0.1, -0.05) is 20.8 Å². The summed E-state index contributed by atoms with van der Waals surface area (Å²) in [6.07, 6.45) is 1.40. The number of nitrogens with two attached hydrogens (primary N) is 1. The molecule has 1 fully saturated rings. The van der Waals surface area contributed by atoms with Crippen LogP contribution in [-0.2, 0) is 4.43 Å². The first-order valence-electron chi connectivity index (χ1n) is 7.43. The Morgan fingerprint density at radius 2 is 2.05 bits per heavy atom. The van der Waals surface area contributed by atoms with Crippen LogP contribution in [0.1, 0.15) is 40.0 Å². The quantitative estimate of drug-likeness (QED) is 0.783. The molecule has 0 aromatic rings. The van der Waals surface area contributed by atoms with E-state index in [1.807, 2.05) is 0 Å². The largest absolute Gasteiger partial charge is 0.465 e.